The van der Waals surface area contributed by atoms with Crippen molar-refractivity contribution in [2.24, 2.45) is 0 Å². The molecule has 0 spiro atoms. The molecule has 4 heterocycles. The van der Waals surface area contributed by atoms with E-state index >= 15 is 0 Å². The van der Waals surface area contributed by atoms with Crippen molar-refractivity contribution in [2.45, 2.75) is 56.8 Å². The van der Waals surface area contributed by atoms with Gasteiger partial charge in [-0.1, -0.05) is 6.07 Å². The van der Waals surface area contributed by atoms with Crippen LogP contribution in [-0.4, -0.2) is 69.1 Å². The summed E-state index contributed by atoms with van der Waals surface area (Å²) in [6.45, 7) is 3.64. The van der Waals surface area contributed by atoms with Crippen LogP contribution in [0.15, 0.2) is 48.8 Å². The van der Waals surface area contributed by atoms with Gasteiger partial charge in [-0.25, -0.2) is 4.68 Å². The molecule has 3 aliphatic rings. The molecule has 0 bridgehead atoms. The first-order valence-corrected chi connectivity index (χ1v) is 13.3. The normalized spacial score (nSPS) is 19.2. The lowest BCUT2D eigenvalue weighted by Crippen LogP contribution is -2.46. The van der Waals surface area contributed by atoms with Gasteiger partial charge in [-0.2, -0.15) is 5.10 Å². The largest absolute Gasteiger partial charge is 0.573 e. The summed E-state index contributed by atoms with van der Waals surface area (Å²) in [5.41, 5.74) is 3.01. The molecule has 2 aliphatic heterocycles. The highest BCUT2D eigenvalue weighted by molar-refractivity contribution is 6.01. The number of hydrogen-bond acceptors (Lipinski definition) is 5. The van der Waals surface area contributed by atoms with E-state index in [4.69, 9.17) is 5.10 Å². The molecule has 2 saturated heterocycles. The molecule has 38 heavy (non-hydrogen) atoms. The zero-order valence-electron chi connectivity index (χ0n) is 21.0. The second-order valence-electron chi connectivity index (χ2n) is 10.3. The van der Waals surface area contributed by atoms with Crippen molar-refractivity contribution in [1.29, 1.82) is 0 Å². The zero-order chi connectivity index (χ0) is 26.3. The smallest absolute Gasteiger partial charge is 0.406 e. The Bertz CT molecular complexity index is 1290. The number of ether oxygens (including phenoxy) is 1. The van der Waals surface area contributed by atoms with Crippen LogP contribution in [0.1, 0.15) is 60.5 Å². The number of pyridine rings is 1. The van der Waals surface area contributed by atoms with Crippen LogP contribution in [0.4, 0.5) is 13.2 Å². The highest BCUT2D eigenvalue weighted by Gasteiger charge is 2.39. The third kappa shape index (κ3) is 5.14. The molecule has 1 amide bonds. The molecule has 0 unspecified atom stereocenters. The molecular weight excluding hydrogens is 495 g/mol. The molecule has 1 aliphatic carbocycles. The standard InChI is InChI=1S/C28H30F3N5O2/c29-28(30,31)38-23-5-3-4-22(18-23)36-26(20-6-7-20)24(25(33-36)19-8-12-32-13-9-19)27(37)35-16-10-21(11-17-35)34-14-1-2-15-34/h3-5,8-9,12-13,18,20-21H,1-2,6-7,10-11,14-17H2. The quantitative estimate of drug-likeness (QED) is 0.431. The third-order valence-electron chi connectivity index (χ3n) is 7.76. The van der Waals surface area contributed by atoms with Crippen molar-refractivity contribution in [3.05, 3.63) is 60.0 Å². The van der Waals surface area contributed by atoms with E-state index in [1.54, 1.807) is 23.1 Å². The van der Waals surface area contributed by atoms with Gasteiger partial charge in [-0.15, -0.1) is 13.2 Å². The number of nitrogens with zero attached hydrogens (tertiary/aromatic N) is 5. The summed E-state index contributed by atoms with van der Waals surface area (Å²) in [7, 11) is 0. The van der Waals surface area contributed by atoms with Gasteiger partial charge in [0.25, 0.3) is 5.91 Å². The maximum Gasteiger partial charge on any atom is 0.573 e. The lowest BCUT2D eigenvalue weighted by molar-refractivity contribution is -0.274. The Kier molecular flexibility index (Phi) is 6.59. The van der Waals surface area contributed by atoms with Crippen LogP contribution in [0.5, 0.6) is 5.75 Å². The maximum atomic E-state index is 14.1. The highest BCUT2D eigenvalue weighted by atomic mass is 19.4. The van der Waals surface area contributed by atoms with E-state index in [0.717, 1.165) is 50.0 Å². The Morgan fingerprint density at radius 1 is 0.947 bits per heavy atom. The molecule has 2 aromatic heterocycles. The lowest BCUT2D eigenvalue weighted by atomic mass is 9.99. The summed E-state index contributed by atoms with van der Waals surface area (Å²) in [5.74, 6) is -0.270. The minimum Gasteiger partial charge on any atom is -0.406 e. The number of piperidine rings is 1. The van der Waals surface area contributed by atoms with E-state index in [2.05, 4.69) is 14.6 Å². The number of carbonyl (C=O) groups is 1. The first-order chi connectivity index (χ1) is 18.4. The van der Waals surface area contributed by atoms with Gasteiger partial charge in [0.15, 0.2) is 0 Å². The number of benzene rings is 1. The average Bonchev–Trinajstić information content (AvgIpc) is 3.44. The van der Waals surface area contributed by atoms with Gasteiger partial charge < -0.3 is 14.5 Å². The molecule has 0 N–H and O–H groups in total. The summed E-state index contributed by atoms with van der Waals surface area (Å²) in [4.78, 5) is 22.7. The van der Waals surface area contributed by atoms with Gasteiger partial charge in [0.05, 0.1) is 16.9 Å². The number of alkyl halides is 3. The Balaban J connectivity index is 1.38. The van der Waals surface area contributed by atoms with Crippen LogP contribution in [0.25, 0.3) is 16.9 Å². The average molecular weight is 526 g/mol. The molecule has 3 aromatic rings. The summed E-state index contributed by atoms with van der Waals surface area (Å²) < 4.78 is 44.6. The van der Waals surface area contributed by atoms with Crippen molar-refractivity contribution in [3.8, 4) is 22.7 Å². The fourth-order valence-electron chi connectivity index (χ4n) is 5.80. The van der Waals surface area contributed by atoms with Crippen molar-refractivity contribution in [3.63, 3.8) is 0 Å². The first-order valence-electron chi connectivity index (χ1n) is 13.3. The second-order valence-corrected chi connectivity index (χ2v) is 10.3. The van der Waals surface area contributed by atoms with Gasteiger partial charge in [-0.05, 0) is 75.9 Å². The molecule has 3 fully saturated rings. The number of rotatable bonds is 6. The second kappa shape index (κ2) is 10.1. The molecular formula is C28H30F3N5O2. The SMILES string of the molecule is O=C(c1c(-c2ccncc2)nn(-c2cccc(OC(F)(F)F)c2)c1C1CC1)N1CCC(N2CCCC2)CC1. The van der Waals surface area contributed by atoms with Crippen molar-refractivity contribution < 1.29 is 22.7 Å². The van der Waals surface area contributed by atoms with Crippen molar-refractivity contribution in [1.82, 2.24) is 24.6 Å². The van der Waals surface area contributed by atoms with E-state index < -0.39 is 6.36 Å². The van der Waals surface area contributed by atoms with Gasteiger partial charge >= 0.3 is 6.36 Å². The van der Waals surface area contributed by atoms with Gasteiger partial charge in [0.1, 0.15) is 11.4 Å². The fraction of sp³-hybridized carbons (Fsp3) is 0.464. The van der Waals surface area contributed by atoms with Crippen LogP contribution in [0.2, 0.25) is 0 Å². The number of hydrogen-bond donors (Lipinski definition) is 0. The molecule has 7 nitrogen and oxygen atoms in total. The van der Waals surface area contributed by atoms with E-state index in [-0.39, 0.29) is 17.6 Å². The monoisotopic (exact) mass is 525 g/mol. The number of carbonyl (C=O) groups excluding carboxylic acids is 1. The van der Waals surface area contributed by atoms with E-state index in [1.807, 2.05) is 17.0 Å². The maximum absolute atomic E-state index is 14.1. The number of likely N-dealkylation sites (tertiary alicyclic amines) is 2. The summed E-state index contributed by atoms with van der Waals surface area (Å²) in [5, 5.41) is 4.84. The first kappa shape index (κ1) is 24.9. The Morgan fingerprint density at radius 3 is 2.32 bits per heavy atom. The Hall–Kier alpha value is -3.40. The Morgan fingerprint density at radius 2 is 1.66 bits per heavy atom. The van der Waals surface area contributed by atoms with E-state index in [1.165, 1.54) is 31.0 Å². The topological polar surface area (TPSA) is 63.5 Å². The predicted molar refractivity (Wildman–Crippen MR) is 135 cm³/mol. The van der Waals surface area contributed by atoms with Crippen LogP contribution >= 0.6 is 0 Å². The van der Waals surface area contributed by atoms with E-state index in [9.17, 15) is 18.0 Å². The van der Waals surface area contributed by atoms with Gasteiger partial charge in [0.2, 0.25) is 0 Å². The summed E-state index contributed by atoms with van der Waals surface area (Å²) >= 11 is 0. The minimum absolute atomic E-state index is 0.0625. The molecule has 200 valence electrons. The molecule has 0 radical (unpaired) electrons. The van der Waals surface area contributed by atoms with Gasteiger partial charge in [-0.3, -0.25) is 9.78 Å². The Labute approximate surface area is 219 Å². The third-order valence-corrected chi connectivity index (χ3v) is 7.76. The zero-order valence-corrected chi connectivity index (χ0v) is 21.0. The van der Waals surface area contributed by atoms with Crippen molar-refractivity contribution >= 4 is 5.91 Å². The van der Waals surface area contributed by atoms with Crippen molar-refractivity contribution in [2.75, 3.05) is 26.2 Å². The van der Waals surface area contributed by atoms with Gasteiger partial charge in [0, 0.05) is 49.1 Å². The molecule has 1 saturated carbocycles. The number of halogens is 3. The van der Waals surface area contributed by atoms with Crippen LogP contribution in [0, 0.1) is 0 Å². The molecule has 10 heteroatoms. The number of amides is 1. The predicted octanol–water partition coefficient (Wildman–Crippen LogP) is 5.41. The van der Waals surface area contributed by atoms with Crippen LogP contribution in [-0.2, 0) is 0 Å². The number of aromatic nitrogens is 3. The molecule has 1 aromatic carbocycles. The fourth-order valence-corrected chi connectivity index (χ4v) is 5.80. The lowest BCUT2D eigenvalue weighted by Gasteiger charge is -2.36. The van der Waals surface area contributed by atoms with Crippen LogP contribution < -0.4 is 4.74 Å². The summed E-state index contributed by atoms with van der Waals surface area (Å²) in [6.07, 6.45) is 4.68. The van der Waals surface area contributed by atoms with Crippen LogP contribution in [0.3, 0.4) is 0 Å². The minimum atomic E-state index is -4.80. The molecule has 0 atom stereocenters. The highest BCUT2D eigenvalue weighted by Crippen LogP contribution is 2.45. The summed E-state index contributed by atoms with van der Waals surface area (Å²) in [6, 6.07) is 9.91. The van der Waals surface area contributed by atoms with E-state index in [0.29, 0.717) is 36.1 Å². The molecule has 6 rings (SSSR count).